The van der Waals surface area contributed by atoms with Crippen LogP contribution in [0, 0.1) is 6.92 Å². The summed E-state index contributed by atoms with van der Waals surface area (Å²) < 4.78 is 1.60. The van der Waals surface area contributed by atoms with Crippen LogP contribution in [-0.2, 0) is 6.54 Å². The van der Waals surface area contributed by atoms with Gasteiger partial charge in [0.25, 0.3) is 0 Å². The Bertz CT molecular complexity index is 688. The summed E-state index contributed by atoms with van der Waals surface area (Å²) in [7, 11) is 0. The number of Topliss-reactive ketones (excluding diaryl/α,β-unsaturated/α-hetero) is 1. The molecule has 0 spiro atoms. The van der Waals surface area contributed by atoms with E-state index in [2.05, 4.69) is 17.1 Å². The molecule has 0 bridgehead atoms. The number of nitrogens with zero attached hydrogens (tertiary/aromatic N) is 2. The van der Waals surface area contributed by atoms with Crippen molar-refractivity contribution in [2.45, 2.75) is 50.6 Å². The topological polar surface area (TPSA) is 67.8 Å². The van der Waals surface area contributed by atoms with Crippen LogP contribution in [0.4, 0.5) is 0 Å². The molecule has 0 aliphatic carbocycles. The second kappa shape index (κ2) is 7.45. The lowest BCUT2D eigenvalue weighted by Gasteiger charge is -2.10. The number of unbranched alkanes of at least 4 members (excludes halogenated alkanes) is 1. The molecule has 2 aromatic rings. The van der Waals surface area contributed by atoms with E-state index in [4.69, 9.17) is 0 Å². The van der Waals surface area contributed by atoms with Crippen molar-refractivity contribution >= 4 is 17.5 Å². The molecule has 0 fully saturated rings. The normalized spacial score (nSPS) is 12.3. The third-order valence-corrected chi connectivity index (χ3v) is 4.54. The summed E-state index contributed by atoms with van der Waals surface area (Å²) in [5.74, 6) is 0.0440. The van der Waals surface area contributed by atoms with E-state index in [1.54, 1.807) is 4.57 Å². The number of hydrogen-bond acceptors (Lipinski definition) is 4. The first-order valence-electron chi connectivity index (χ1n) is 7.45. The highest BCUT2D eigenvalue weighted by Crippen LogP contribution is 2.23. The number of rotatable bonds is 7. The fraction of sp³-hybridized carbons (Fsp3) is 0.438. The number of nitrogens with one attached hydrogen (secondary N) is 1. The fourth-order valence-corrected chi connectivity index (χ4v) is 3.03. The molecule has 22 heavy (non-hydrogen) atoms. The van der Waals surface area contributed by atoms with Gasteiger partial charge in [-0.3, -0.25) is 9.36 Å². The van der Waals surface area contributed by atoms with Gasteiger partial charge in [0, 0.05) is 12.1 Å². The van der Waals surface area contributed by atoms with Crippen LogP contribution in [-0.4, -0.2) is 25.8 Å². The average molecular weight is 319 g/mol. The summed E-state index contributed by atoms with van der Waals surface area (Å²) in [6, 6.07) is 7.53. The number of aryl methyl sites for hydroxylation is 1. The minimum atomic E-state index is -0.293. The number of thioether (sulfide) groups is 1. The van der Waals surface area contributed by atoms with Crippen LogP contribution in [0.15, 0.2) is 34.2 Å². The van der Waals surface area contributed by atoms with Gasteiger partial charge in [-0.2, -0.15) is 0 Å². The quantitative estimate of drug-likeness (QED) is 0.629. The molecule has 1 unspecified atom stereocenters. The lowest BCUT2D eigenvalue weighted by Crippen LogP contribution is -2.19. The highest BCUT2D eigenvalue weighted by atomic mass is 32.2. The number of H-pyrrole nitrogens is 1. The summed E-state index contributed by atoms with van der Waals surface area (Å²) in [5.41, 5.74) is 1.59. The predicted octanol–water partition coefficient (Wildman–Crippen LogP) is 3.04. The maximum absolute atomic E-state index is 12.4. The molecule has 0 saturated carbocycles. The number of carbonyl (C=O) groups excluding carboxylic acids is 1. The molecule has 0 aliphatic heterocycles. The Hall–Kier alpha value is -1.82. The molecule has 1 heterocycles. The number of benzene rings is 1. The van der Waals surface area contributed by atoms with E-state index >= 15 is 0 Å². The van der Waals surface area contributed by atoms with E-state index in [0.29, 0.717) is 17.3 Å². The van der Waals surface area contributed by atoms with Gasteiger partial charge >= 0.3 is 5.69 Å². The molecule has 0 saturated heterocycles. The van der Waals surface area contributed by atoms with Gasteiger partial charge in [-0.1, -0.05) is 54.9 Å². The van der Waals surface area contributed by atoms with Gasteiger partial charge in [-0.25, -0.2) is 9.89 Å². The molecule has 5 nitrogen and oxygen atoms in total. The van der Waals surface area contributed by atoms with Gasteiger partial charge in [-0.15, -0.1) is 5.10 Å². The van der Waals surface area contributed by atoms with Crippen molar-refractivity contribution in [1.29, 1.82) is 0 Å². The third-order valence-electron chi connectivity index (χ3n) is 3.45. The van der Waals surface area contributed by atoms with Crippen molar-refractivity contribution in [3.8, 4) is 0 Å². The molecule has 0 aliphatic rings. The van der Waals surface area contributed by atoms with Crippen molar-refractivity contribution in [1.82, 2.24) is 14.8 Å². The smallest absolute Gasteiger partial charge is 0.293 e. The van der Waals surface area contributed by atoms with E-state index in [-0.39, 0.29) is 16.7 Å². The van der Waals surface area contributed by atoms with Gasteiger partial charge < -0.3 is 0 Å². The SMILES string of the molecule is CCCCn1c(SC(C)C(=O)c2ccc(C)cc2)n[nH]c1=O. The minimum Gasteiger partial charge on any atom is -0.293 e. The van der Waals surface area contributed by atoms with Gasteiger partial charge in [0.1, 0.15) is 0 Å². The molecule has 1 atom stereocenters. The van der Waals surface area contributed by atoms with Crippen LogP contribution in [0.5, 0.6) is 0 Å². The zero-order valence-corrected chi connectivity index (χ0v) is 13.9. The minimum absolute atomic E-state index is 0.0440. The molecule has 118 valence electrons. The molecular formula is C16H21N3O2S. The van der Waals surface area contributed by atoms with Gasteiger partial charge in [-0.05, 0) is 20.3 Å². The van der Waals surface area contributed by atoms with Crippen LogP contribution in [0.3, 0.4) is 0 Å². The second-order valence-corrected chi connectivity index (χ2v) is 6.61. The highest BCUT2D eigenvalue weighted by Gasteiger charge is 2.20. The molecule has 1 aromatic carbocycles. The maximum atomic E-state index is 12.4. The van der Waals surface area contributed by atoms with Gasteiger partial charge in [0.2, 0.25) is 0 Å². The Labute approximate surface area is 134 Å². The van der Waals surface area contributed by atoms with Crippen LogP contribution in [0.25, 0.3) is 0 Å². The summed E-state index contributed by atoms with van der Waals surface area (Å²) in [4.78, 5) is 24.2. The average Bonchev–Trinajstić information content (AvgIpc) is 2.85. The van der Waals surface area contributed by atoms with E-state index in [9.17, 15) is 9.59 Å². The van der Waals surface area contributed by atoms with E-state index in [1.165, 1.54) is 11.8 Å². The summed E-state index contributed by atoms with van der Waals surface area (Å²) >= 11 is 1.32. The Balaban J connectivity index is 2.11. The molecule has 0 amide bonds. The lowest BCUT2D eigenvalue weighted by molar-refractivity contribution is 0.0994. The largest absolute Gasteiger partial charge is 0.343 e. The molecule has 6 heteroatoms. The van der Waals surface area contributed by atoms with Crippen LogP contribution in [0.1, 0.15) is 42.6 Å². The zero-order valence-electron chi connectivity index (χ0n) is 13.1. The zero-order chi connectivity index (χ0) is 16.1. The Morgan fingerprint density at radius 1 is 1.36 bits per heavy atom. The van der Waals surface area contributed by atoms with Crippen LogP contribution < -0.4 is 5.69 Å². The van der Waals surface area contributed by atoms with Crippen molar-refractivity contribution < 1.29 is 4.79 Å². The number of ketones is 1. The Morgan fingerprint density at radius 2 is 2.05 bits per heavy atom. The number of carbonyl (C=O) groups is 1. The maximum Gasteiger partial charge on any atom is 0.343 e. The summed E-state index contributed by atoms with van der Waals surface area (Å²) in [6.45, 7) is 6.53. The van der Waals surface area contributed by atoms with Crippen LogP contribution in [0.2, 0.25) is 0 Å². The number of hydrogen-bond donors (Lipinski definition) is 1. The van der Waals surface area contributed by atoms with E-state index in [1.807, 2.05) is 38.1 Å². The van der Waals surface area contributed by atoms with E-state index in [0.717, 1.165) is 18.4 Å². The van der Waals surface area contributed by atoms with Crippen molar-refractivity contribution in [2.24, 2.45) is 0 Å². The first-order valence-corrected chi connectivity index (χ1v) is 8.33. The molecule has 2 rings (SSSR count). The first-order chi connectivity index (χ1) is 10.5. The van der Waals surface area contributed by atoms with Crippen LogP contribution >= 0.6 is 11.8 Å². The summed E-state index contributed by atoms with van der Waals surface area (Å²) in [6.07, 6.45) is 1.91. The monoisotopic (exact) mass is 319 g/mol. The van der Waals surface area contributed by atoms with E-state index < -0.39 is 0 Å². The van der Waals surface area contributed by atoms with Gasteiger partial charge in [0.05, 0.1) is 5.25 Å². The third kappa shape index (κ3) is 3.88. The fourth-order valence-electron chi connectivity index (χ4n) is 2.07. The second-order valence-electron chi connectivity index (χ2n) is 5.31. The Kier molecular flexibility index (Phi) is 5.60. The molecule has 1 aromatic heterocycles. The van der Waals surface area contributed by atoms with Crippen molar-refractivity contribution in [2.75, 3.05) is 0 Å². The lowest BCUT2D eigenvalue weighted by atomic mass is 10.1. The Morgan fingerprint density at radius 3 is 2.68 bits per heavy atom. The standard InChI is InChI=1S/C16H21N3O2S/c1-4-5-10-19-15(21)17-18-16(19)22-12(3)14(20)13-8-6-11(2)7-9-13/h6-9,12H,4-5,10H2,1-3H3,(H,17,21). The number of aromatic nitrogens is 3. The molecule has 1 N–H and O–H groups in total. The van der Waals surface area contributed by atoms with Crippen molar-refractivity contribution in [3.05, 3.63) is 45.9 Å². The first kappa shape index (κ1) is 16.5. The highest BCUT2D eigenvalue weighted by molar-refractivity contribution is 8.00. The number of aromatic amines is 1. The summed E-state index contributed by atoms with van der Waals surface area (Å²) in [5, 5.41) is 6.78. The predicted molar refractivity (Wildman–Crippen MR) is 88.6 cm³/mol. The molecular weight excluding hydrogens is 298 g/mol. The van der Waals surface area contributed by atoms with Gasteiger partial charge in [0.15, 0.2) is 10.9 Å². The molecule has 0 radical (unpaired) electrons. The van der Waals surface area contributed by atoms with Crippen molar-refractivity contribution in [3.63, 3.8) is 0 Å².